The second kappa shape index (κ2) is 8.49. The first-order valence-electron chi connectivity index (χ1n) is 8.20. The molecule has 3 N–H and O–H groups in total. The molecule has 1 heterocycles. The van der Waals surface area contributed by atoms with Crippen molar-refractivity contribution in [3.63, 3.8) is 0 Å². The van der Waals surface area contributed by atoms with Crippen LogP contribution in [-0.4, -0.2) is 27.5 Å². The first-order valence-corrected chi connectivity index (χ1v) is 8.20. The molecule has 0 aliphatic rings. The van der Waals surface area contributed by atoms with Crippen LogP contribution in [0.15, 0.2) is 30.3 Å². The van der Waals surface area contributed by atoms with Gasteiger partial charge in [-0.15, -0.1) is 0 Å². The molecule has 1 aromatic carbocycles. The molecule has 1 atom stereocenters. The lowest BCUT2D eigenvalue weighted by molar-refractivity contribution is 0.237. The number of nitrogens with one attached hydrogen (secondary N) is 2. The first-order chi connectivity index (χ1) is 11.5. The molecule has 6 heteroatoms. The molecular formula is C18H26N4O2. The van der Waals surface area contributed by atoms with Crippen molar-refractivity contribution < 1.29 is 9.90 Å². The van der Waals surface area contributed by atoms with E-state index in [1.54, 1.807) is 0 Å². The highest BCUT2D eigenvalue weighted by Crippen LogP contribution is 2.08. The highest BCUT2D eigenvalue weighted by atomic mass is 16.3. The number of nitrogens with zero attached hydrogens (tertiary/aromatic N) is 2. The number of aromatic nitrogens is 2. The van der Waals surface area contributed by atoms with Gasteiger partial charge in [0, 0.05) is 25.3 Å². The number of urea groups is 1. The molecule has 1 aromatic heterocycles. The fourth-order valence-corrected chi connectivity index (χ4v) is 2.61. The summed E-state index contributed by atoms with van der Waals surface area (Å²) in [5.41, 5.74) is 3.89. The van der Waals surface area contributed by atoms with Crippen LogP contribution >= 0.6 is 0 Å². The second-order valence-electron chi connectivity index (χ2n) is 6.20. The maximum Gasteiger partial charge on any atom is 0.315 e. The van der Waals surface area contributed by atoms with Gasteiger partial charge in [-0.2, -0.15) is 5.10 Å². The molecule has 0 radical (unpaired) electrons. The molecule has 2 aromatic rings. The smallest absolute Gasteiger partial charge is 0.315 e. The Morgan fingerprint density at radius 2 is 1.96 bits per heavy atom. The summed E-state index contributed by atoms with van der Waals surface area (Å²) in [4.78, 5) is 11.9. The van der Waals surface area contributed by atoms with Crippen LogP contribution in [0.5, 0.6) is 0 Å². The van der Waals surface area contributed by atoms with E-state index in [1.165, 1.54) is 0 Å². The third-order valence-electron chi connectivity index (χ3n) is 3.93. The Bertz CT molecular complexity index is 681. The molecule has 0 saturated carbocycles. The maximum absolute atomic E-state index is 11.9. The van der Waals surface area contributed by atoms with Crippen LogP contribution in [0.25, 0.3) is 0 Å². The van der Waals surface area contributed by atoms with Crippen LogP contribution in [-0.2, 0) is 19.7 Å². The number of hydrogen-bond donors (Lipinski definition) is 3. The van der Waals surface area contributed by atoms with Gasteiger partial charge in [0.05, 0.1) is 12.3 Å². The Labute approximate surface area is 142 Å². The van der Waals surface area contributed by atoms with Crippen molar-refractivity contribution in [2.24, 2.45) is 5.92 Å². The van der Waals surface area contributed by atoms with Crippen molar-refractivity contribution in [1.29, 1.82) is 0 Å². The Hall–Kier alpha value is -2.34. The number of aliphatic hydroxyl groups excluding tert-OH is 1. The number of carbonyl (C=O) groups excluding carboxylic acids is 1. The first kappa shape index (κ1) is 18.0. The monoisotopic (exact) mass is 330 g/mol. The SMILES string of the molecule is Cc1cc(C)n(CC(C)CNC(=O)NCc2ccccc2CO)n1. The van der Waals surface area contributed by atoms with Crippen LogP contribution in [0, 0.1) is 19.8 Å². The van der Waals surface area contributed by atoms with Crippen LogP contribution in [0.4, 0.5) is 4.79 Å². The number of benzene rings is 1. The summed E-state index contributed by atoms with van der Waals surface area (Å²) in [6.45, 7) is 7.81. The molecule has 0 saturated heterocycles. The van der Waals surface area contributed by atoms with Gasteiger partial charge in [0.25, 0.3) is 0 Å². The predicted molar refractivity (Wildman–Crippen MR) is 93.5 cm³/mol. The van der Waals surface area contributed by atoms with Gasteiger partial charge in [0.2, 0.25) is 0 Å². The predicted octanol–water partition coefficient (Wildman–Crippen LogP) is 2.13. The molecule has 6 nitrogen and oxygen atoms in total. The summed E-state index contributed by atoms with van der Waals surface area (Å²) in [6, 6.07) is 9.36. The average molecular weight is 330 g/mol. The van der Waals surface area contributed by atoms with E-state index in [2.05, 4.69) is 22.7 Å². The number of amides is 2. The Balaban J connectivity index is 1.75. The standard InChI is InChI=1S/C18H26N4O2/c1-13(11-22-15(3)8-14(2)21-22)9-19-18(24)20-10-16-6-4-5-7-17(16)12-23/h4-8,13,23H,9-12H2,1-3H3,(H2,19,20,24). The fourth-order valence-electron chi connectivity index (χ4n) is 2.61. The average Bonchev–Trinajstić information content (AvgIpc) is 2.88. The molecule has 1 unspecified atom stereocenters. The normalized spacial score (nSPS) is 12.0. The summed E-state index contributed by atoms with van der Waals surface area (Å²) in [6.07, 6.45) is 0. The Kier molecular flexibility index (Phi) is 6.37. The fraction of sp³-hybridized carbons (Fsp3) is 0.444. The highest BCUT2D eigenvalue weighted by molar-refractivity contribution is 5.73. The van der Waals surface area contributed by atoms with E-state index >= 15 is 0 Å². The summed E-state index contributed by atoms with van der Waals surface area (Å²) in [5, 5.41) is 19.4. The number of aryl methyl sites for hydroxylation is 2. The number of hydrogen-bond acceptors (Lipinski definition) is 3. The van der Waals surface area contributed by atoms with Gasteiger partial charge in [0.1, 0.15) is 0 Å². The topological polar surface area (TPSA) is 79.2 Å². The lowest BCUT2D eigenvalue weighted by Crippen LogP contribution is -2.38. The zero-order chi connectivity index (χ0) is 17.5. The van der Waals surface area contributed by atoms with E-state index in [1.807, 2.05) is 48.9 Å². The Morgan fingerprint density at radius 3 is 2.58 bits per heavy atom. The van der Waals surface area contributed by atoms with Gasteiger partial charge >= 0.3 is 6.03 Å². The number of carbonyl (C=O) groups is 1. The zero-order valence-electron chi connectivity index (χ0n) is 14.5. The molecule has 2 rings (SSSR count). The van der Waals surface area contributed by atoms with Crippen molar-refractivity contribution in [3.05, 3.63) is 52.8 Å². The minimum Gasteiger partial charge on any atom is -0.392 e. The van der Waals surface area contributed by atoms with E-state index in [0.29, 0.717) is 13.1 Å². The minimum atomic E-state index is -0.206. The van der Waals surface area contributed by atoms with Crippen LogP contribution in [0.2, 0.25) is 0 Å². The summed E-state index contributed by atoms with van der Waals surface area (Å²) in [5.74, 6) is 0.276. The van der Waals surface area contributed by atoms with Crippen LogP contribution in [0.1, 0.15) is 29.4 Å². The van der Waals surface area contributed by atoms with Gasteiger partial charge in [-0.1, -0.05) is 31.2 Å². The van der Waals surface area contributed by atoms with Crippen molar-refractivity contribution in [3.8, 4) is 0 Å². The third kappa shape index (κ3) is 5.09. The zero-order valence-corrected chi connectivity index (χ0v) is 14.5. The largest absolute Gasteiger partial charge is 0.392 e. The van der Waals surface area contributed by atoms with Gasteiger partial charge in [0.15, 0.2) is 0 Å². The summed E-state index contributed by atoms with van der Waals surface area (Å²) in [7, 11) is 0. The lowest BCUT2D eigenvalue weighted by atomic mass is 10.1. The van der Waals surface area contributed by atoms with Crippen molar-refractivity contribution in [2.45, 2.75) is 40.5 Å². The van der Waals surface area contributed by atoms with E-state index in [9.17, 15) is 9.90 Å². The summed E-state index contributed by atoms with van der Waals surface area (Å²) >= 11 is 0. The highest BCUT2D eigenvalue weighted by Gasteiger charge is 2.09. The summed E-state index contributed by atoms with van der Waals surface area (Å²) < 4.78 is 1.97. The van der Waals surface area contributed by atoms with Gasteiger partial charge in [-0.05, 0) is 37.0 Å². The van der Waals surface area contributed by atoms with Crippen LogP contribution < -0.4 is 10.6 Å². The molecular weight excluding hydrogens is 304 g/mol. The van der Waals surface area contributed by atoms with Gasteiger partial charge < -0.3 is 15.7 Å². The maximum atomic E-state index is 11.9. The minimum absolute atomic E-state index is 0.0286. The molecule has 2 amide bonds. The molecule has 0 spiro atoms. The van der Waals surface area contributed by atoms with E-state index in [-0.39, 0.29) is 18.6 Å². The third-order valence-corrected chi connectivity index (χ3v) is 3.93. The molecule has 0 aliphatic carbocycles. The second-order valence-corrected chi connectivity index (χ2v) is 6.20. The van der Waals surface area contributed by atoms with E-state index in [4.69, 9.17) is 0 Å². The van der Waals surface area contributed by atoms with Gasteiger partial charge in [-0.3, -0.25) is 4.68 Å². The molecule has 0 aliphatic heterocycles. The number of aliphatic hydroxyl groups is 1. The van der Waals surface area contributed by atoms with E-state index in [0.717, 1.165) is 29.1 Å². The van der Waals surface area contributed by atoms with Crippen LogP contribution in [0.3, 0.4) is 0 Å². The lowest BCUT2D eigenvalue weighted by Gasteiger charge is -2.15. The molecule has 0 fully saturated rings. The molecule has 130 valence electrons. The molecule has 0 bridgehead atoms. The van der Waals surface area contributed by atoms with Crippen molar-refractivity contribution in [1.82, 2.24) is 20.4 Å². The Morgan fingerprint density at radius 1 is 1.25 bits per heavy atom. The molecule has 24 heavy (non-hydrogen) atoms. The van der Waals surface area contributed by atoms with Crippen molar-refractivity contribution >= 4 is 6.03 Å². The quantitative estimate of drug-likeness (QED) is 0.727. The van der Waals surface area contributed by atoms with Gasteiger partial charge in [-0.25, -0.2) is 4.79 Å². The van der Waals surface area contributed by atoms with E-state index < -0.39 is 0 Å². The number of rotatable bonds is 7. The van der Waals surface area contributed by atoms with Crippen molar-refractivity contribution in [2.75, 3.05) is 6.54 Å².